The third-order valence-electron chi connectivity index (χ3n) is 5.34. The van der Waals surface area contributed by atoms with Gasteiger partial charge in [0, 0.05) is 12.5 Å². The molecule has 6 heteroatoms. The first-order valence-electron chi connectivity index (χ1n) is 9.44. The molecule has 25 heavy (non-hydrogen) atoms. The standard InChI is InChI=1S/C19H32F3NO2/c1-5-7-10-24-15(4)25-18(19(20,21)22)9-8-17(12-18)16(6-2)11-14(3)13-23/h14-17H,5-12H2,1-4H3. The Morgan fingerprint density at radius 3 is 2.48 bits per heavy atom. The van der Waals surface area contributed by atoms with Crippen LogP contribution in [-0.2, 0) is 9.47 Å². The van der Waals surface area contributed by atoms with Crippen LogP contribution in [0.5, 0.6) is 0 Å². The summed E-state index contributed by atoms with van der Waals surface area (Å²) in [5, 5.41) is 9.00. The van der Waals surface area contributed by atoms with Crippen LogP contribution < -0.4 is 0 Å². The minimum atomic E-state index is -4.41. The Morgan fingerprint density at radius 2 is 1.96 bits per heavy atom. The number of nitrogens with zero attached hydrogens (tertiary/aromatic N) is 1. The molecule has 0 aromatic rings. The fraction of sp³-hybridized carbons (Fsp3) is 0.947. The van der Waals surface area contributed by atoms with Crippen molar-refractivity contribution < 1.29 is 22.6 Å². The van der Waals surface area contributed by atoms with Crippen LogP contribution in [0.15, 0.2) is 0 Å². The average Bonchev–Trinajstić information content (AvgIpc) is 2.97. The molecule has 0 aromatic carbocycles. The molecule has 0 heterocycles. The molecule has 0 aromatic heterocycles. The zero-order valence-electron chi connectivity index (χ0n) is 15.9. The first-order chi connectivity index (χ1) is 11.7. The molecule has 0 amide bonds. The SMILES string of the molecule is CCCCOC(C)OC1(C(F)(F)F)CCC(C(CC)CC(C)C#N)C1. The summed E-state index contributed by atoms with van der Waals surface area (Å²) in [6.45, 7) is 7.77. The van der Waals surface area contributed by atoms with E-state index in [-0.39, 0.29) is 30.6 Å². The Bertz CT molecular complexity index is 435. The molecule has 3 nitrogen and oxygen atoms in total. The predicted octanol–water partition coefficient (Wildman–Crippen LogP) is 5.84. The van der Waals surface area contributed by atoms with Gasteiger partial charge in [-0.05, 0) is 57.8 Å². The molecule has 5 atom stereocenters. The van der Waals surface area contributed by atoms with E-state index >= 15 is 0 Å². The topological polar surface area (TPSA) is 42.2 Å². The van der Waals surface area contributed by atoms with E-state index in [0.717, 1.165) is 19.3 Å². The molecule has 0 aliphatic heterocycles. The van der Waals surface area contributed by atoms with Crippen LogP contribution in [-0.4, -0.2) is 24.7 Å². The molecule has 5 unspecified atom stereocenters. The van der Waals surface area contributed by atoms with Gasteiger partial charge in [0.1, 0.15) is 0 Å². The summed E-state index contributed by atoms with van der Waals surface area (Å²) in [6.07, 6.45) is -1.70. The maximum absolute atomic E-state index is 13.8. The summed E-state index contributed by atoms with van der Waals surface area (Å²) < 4.78 is 52.3. The Balaban J connectivity index is 2.79. The molecule has 1 aliphatic carbocycles. The van der Waals surface area contributed by atoms with Crippen LogP contribution in [0.2, 0.25) is 0 Å². The molecular formula is C19H32F3NO2. The minimum absolute atomic E-state index is 0.0277. The summed E-state index contributed by atoms with van der Waals surface area (Å²) in [5.41, 5.74) is -2.12. The lowest BCUT2D eigenvalue weighted by atomic mass is 9.81. The van der Waals surface area contributed by atoms with Gasteiger partial charge in [-0.2, -0.15) is 18.4 Å². The highest BCUT2D eigenvalue weighted by molar-refractivity contribution is 4.99. The van der Waals surface area contributed by atoms with Gasteiger partial charge in [0.2, 0.25) is 0 Å². The van der Waals surface area contributed by atoms with Crippen molar-refractivity contribution in [3.63, 3.8) is 0 Å². The average molecular weight is 363 g/mol. The number of halogens is 3. The highest BCUT2D eigenvalue weighted by Gasteiger charge is 2.60. The van der Waals surface area contributed by atoms with Gasteiger partial charge in [0.25, 0.3) is 0 Å². The van der Waals surface area contributed by atoms with Crippen LogP contribution in [0.4, 0.5) is 13.2 Å². The molecule has 0 radical (unpaired) electrons. The molecule has 0 spiro atoms. The van der Waals surface area contributed by atoms with Crippen LogP contribution in [0.25, 0.3) is 0 Å². The van der Waals surface area contributed by atoms with E-state index in [4.69, 9.17) is 14.7 Å². The van der Waals surface area contributed by atoms with Crippen molar-refractivity contribution >= 4 is 0 Å². The Hall–Kier alpha value is -0.800. The van der Waals surface area contributed by atoms with Crippen molar-refractivity contribution in [2.75, 3.05) is 6.61 Å². The van der Waals surface area contributed by atoms with Gasteiger partial charge in [-0.25, -0.2) is 0 Å². The van der Waals surface area contributed by atoms with Crippen LogP contribution in [0.3, 0.4) is 0 Å². The summed E-state index contributed by atoms with van der Waals surface area (Å²) in [7, 11) is 0. The zero-order valence-corrected chi connectivity index (χ0v) is 15.9. The molecular weight excluding hydrogens is 331 g/mol. The van der Waals surface area contributed by atoms with E-state index in [1.54, 1.807) is 6.92 Å². The van der Waals surface area contributed by atoms with Crippen molar-refractivity contribution in [3.05, 3.63) is 0 Å². The second kappa shape index (κ2) is 9.78. The van der Waals surface area contributed by atoms with Crippen LogP contribution in [0, 0.1) is 29.1 Å². The van der Waals surface area contributed by atoms with Crippen LogP contribution in [0.1, 0.15) is 72.6 Å². The molecule has 1 fully saturated rings. The lowest BCUT2D eigenvalue weighted by molar-refractivity contribution is -0.319. The second-order valence-electron chi connectivity index (χ2n) is 7.34. The number of alkyl halides is 3. The Morgan fingerprint density at radius 1 is 1.28 bits per heavy atom. The molecule has 0 N–H and O–H groups in total. The highest BCUT2D eigenvalue weighted by Crippen LogP contribution is 2.51. The molecule has 1 saturated carbocycles. The van der Waals surface area contributed by atoms with Crippen LogP contribution >= 0.6 is 0 Å². The first-order valence-corrected chi connectivity index (χ1v) is 9.44. The third-order valence-corrected chi connectivity index (χ3v) is 5.34. The van der Waals surface area contributed by atoms with Gasteiger partial charge in [0.15, 0.2) is 11.9 Å². The van der Waals surface area contributed by atoms with E-state index in [9.17, 15) is 13.2 Å². The van der Waals surface area contributed by atoms with Crippen molar-refractivity contribution in [2.24, 2.45) is 17.8 Å². The maximum atomic E-state index is 13.8. The second-order valence-corrected chi connectivity index (χ2v) is 7.34. The lowest BCUT2D eigenvalue weighted by Gasteiger charge is -2.35. The van der Waals surface area contributed by atoms with Crippen molar-refractivity contribution in [3.8, 4) is 6.07 Å². The fourth-order valence-electron chi connectivity index (χ4n) is 3.82. The van der Waals surface area contributed by atoms with Gasteiger partial charge in [-0.1, -0.05) is 26.7 Å². The fourth-order valence-corrected chi connectivity index (χ4v) is 3.82. The van der Waals surface area contributed by atoms with Gasteiger partial charge in [-0.3, -0.25) is 0 Å². The van der Waals surface area contributed by atoms with E-state index in [2.05, 4.69) is 6.07 Å². The summed E-state index contributed by atoms with van der Waals surface area (Å²) in [6, 6.07) is 2.19. The van der Waals surface area contributed by atoms with Gasteiger partial charge in [0.05, 0.1) is 6.07 Å². The lowest BCUT2D eigenvalue weighted by Crippen LogP contribution is -2.48. The molecule has 1 aliphatic rings. The van der Waals surface area contributed by atoms with Crippen molar-refractivity contribution in [2.45, 2.75) is 90.7 Å². The quantitative estimate of drug-likeness (QED) is 0.361. The summed E-state index contributed by atoms with van der Waals surface area (Å²) in [4.78, 5) is 0. The monoisotopic (exact) mass is 363 g/mol. The highest BCUT2D eigenvalue weighted by atomic mass is 19.4. The third kappa shape index (κ3) is 6.14. The smallest absolute Gasteiger partial charge is 0.353 e. The number of hydrogen-bond donors (Lipinski definition) is 0. The molecule has 1 rings (SSSR count). The predicted molar refractivity (Wildman–Crippen MR) is 90.7 cm³/mol. The zero-order chi connectivity index (χ0) is 19.1. The summed E-state index contributed by atoms with van der Waals surface area (Å²) >= 11 is 0. The van der Waals surface area contributed by atoms with Gasteiger partial charge < -0.3 is 9.47 Å². The molecule has 146 valence electrons. The summed E-state index contributed by atoms with van der Waals surface area (Å²) in [5.74, 6) is -0.0767. The van der Waals surface area contributed by atoms with Crippen molar-refractivity contribution in [1.29, 1.82) is 5.26 Å². The van der Waals surface area contributed by atoms with E-state index < -0.39 is 18.1 Å². The normalized spacial score (nSPS) is 27.7. The number of ether oxygens (including phenoxy) is 2. The number of rotatable bonds is 10. The Labute approximate surface area is 149 Å². The number of unbranched alkanes of at least 4 members (excludes halogenated alkanes) is 1. The maximum Gasteiger partial charge on any atom is 0.417 e. The molecule has 0 bridgehead atoms. The number of nitriles is 1. The van der Waals surface area contributed by atoms with E-state index in [0.29, 0.717) is 19.4 Å². The van der Waals surface area contributed by atoms with E-state index in [1.807, 2.05) is 20.8 Å². The first kappa shape index (κ1) is 22.2. The van der Waals surface area contributed by atoms with Gasteiger partial charge in [-0.15, -0.1) is 0 Å². The number of hydrogen-bond acceptors (Lipinski definition) is 3. The minimum Gasteiger partial charge on any atom is -0.353 e. The largest absolute Gasteiger partial charge is 0.417 e. The molecule has 0 saturated heterocycles. The Kier molecular flexibility index (Phi) is 8.70. The van der Waals surface area contributed by atoms with Crippen molar-refractivity contribution in [1.82, 2.24) is 0 Å². The van der Waals surface area contributed by atoms with E-state index in [1.165, 1.54) is 0 Å². The van der Waals surface area contributed by atoms with Gasteiger partial charge >= 0.3 is 6.18 Å².